The molecule has 0 saturated carbocycles. The second kappa shape index (κ2) is 10.00. The topological polar surface area (TPSA) is 76.4 Å². The molecule has 0 radical (unpaired) electrons. The van der Waals surface area contributed by atoms with Crippen molar-refractivity contribution in [3.8, 4) is 11.8 Å². The molecular formula is C21H21NO4. The lowest BCUT2D eigenvalue weighted by Crippen LogP contribution is -2.19. The zero-order valence-corrected chi connectivity index (χ0v) is 14.7. The van der Waals surface area contributed by atoms with Gasteiger partial charge in [-0.05, 0) is 30.5 Å². The summed E-state index contributed by atoms with van der Waals surface area (Å²) in [6.45, 7) is 1.44. The Morgan fingerprint density at radius 3 is 2.46 bits per heavy atom. The maximum absolute atomic E-state index is 12.1. The fraction of sp³-hybridized carbons (Fsp3) is 0.286. The Hall–Kier alpha value is -3.13. The number of benzene rings is 2. The molecule has 2 rings (SSSR count). The Labute approximate surface area is 153 Å². The van der Waals surface area contributed by atoms with Crippen molar-refractivity contribution in [3.63, 3.8) is 0 Å². The quantitative estimate of drug-likeness (QED) is 0.508. The second-order valence-corrected chi connectivity index (χ2v) is 5.78. The number of Topliss-reactive ketones (excluding diaryl/α,β-unsaturated/α-hetero) is 1. The van der Waals surface area contributed by atoms with Crippen LogP contribution in [0.5, 0.6) is 5.75 Å². The Morgan fingerprint density at radius 1 is 1.04 bits per heavy atom. The summed E-state index contributed by atoms with van der Waals surface area (Å²) in [7, 11) is 0. The van der Waals surface area contributed by atoms with Crippen LogP contribution in [0.25, 0.3) is 0 Å². The molecule has 0 aliphatic heterocycles. The van der Waals surface area contributed by atoms with Crippen molar-refractivity contribution in [2.75, 3.05) is 13.2 Å². The van der Waals surface area contributed by atoms with Gasteiger partial charge in [-0.2, -0.15) is 5.26 Å². The molecular weight excluding hydrogens is 330 g/mol. The molecule has 0 spiro atoms. The van der Waals surface area contributed by atoms with Crippen LogP contribution in [0, 0.1) is 11.3 Å². The van der Waals surface area contributed by atoms with Crippen molar-refractivity contribution in [2.24, 2.45) is 0 Å². The molecule has 134 valence electrons. The lowest BCUT2D eigenvalue weighted by Gasteiger charge is -2.08. The van der Waals surface area contributed by atoms with Crippen LogP contribution in [0.2, 0.25) is 0 Å². The highest BCUT2D eigenvalue weighted by molar-refractivity contribution is 5.98. The van der Waals surface area contributed by atoms with Crippen LogP contribution >= 0.6 is 0 Å². The summed E-state index contributed by atoms with van der Waals surface area (Å²) < 4.78 is 10.2. The zero-order valence-electron chi connectivity index (χ0n) is 14.7. The fourth-order valence-corrected chi connectivity index (χ4v) is 2.33. The minimum absolute atomic E-state index is 0.266. The molecule has 26 heavy (non-hydrogen) atoms. The predicted molar refractivity (Wildman–Crippen MR) is 97.0 cm³/mol. The van der Waals surface area contributed by atoms with Gasteiger partial charge in [0.05, 0.1) is 5.56 Å². The third-order valence-corrected chi connectivity index (χ3v) is 3.81. The number of unbranched alkanes of at least 4 members (excludes halogenated alkanes) is 1. The Bertz CT molecular complexity index is 790. The fourth-order valence-electron chi connectivity index (χ4n) is 2.33. The van der Waals surface area contributed by atoms with Gasteiger partial charge in [-0.15, -0.1) is 0 Å². The average Bonchev–Trinajstić information content (AvgIpc) is 2.69. The summed E-state index contributed by atoms with van der Waals surface area (Å²) in [6.07, 6.45) is 3.22. The van der Waals surface area contributed by atoms with Gasteiger partial charge in [-0.3, -0.25) is 4.79 Å². The van der Waals surface area contributed by atoms with E-state index in [4.69, 9.17) is 14.7 Å². The van der Waals surface area contributed by atoms with E-state index in [2.05, 4.69) is 6.92 Å². The van der Waals surface area contributed by atoms with E-state index in [0.717, 1.165) is 19.3 Å². The van der Waals surface area contributed by atoms with E-state index in [-0.39, 0.29) is 19.0 Å². The number of nitrogens with zero attached hydrogens (tertiary/aromatic N) is 1. The number of aryl methyl sites for hydroxylation is 1. The van der Waals surface area contributed by atoms with Crippen molar-refractivity contribution in [1.82, 2.24) is 0 Å². The van der Waals surface area contributed by atoms with E-state index < -0.39 is 5.97 Å². The minimum Gasteiger partial charge on any atom is -0.481 e. The molecule has 0 aromatic heterocycles. The lowest BCUT2D eigenvalue weighted by atomic mass is 10.0. The molecule has 0 fully saturated rings. The first-order chi connectivity index (χ1) is 12.6. The van der Waals surface area contributed by atoms with E-state index in [9.17, 15) is 9.59 Å². The van der Waals surface area contributed by atoms with Crippen LogP contribution < -0.4 is 4.74 Å². The molecule has 0 saturated heterocycles. The lowest BCUT2D eigenvalue weighted by molar-refractivity contribution is -0.144. The number of carbonyl (C=O) groups excluding carboxylic acids is 2. The largest absolute Gasteiger partial charge is 0.481 e. The third kappa shape index (κ3) is 5.75. The summed E-state index contributed by atoms with van der Waals surface area (Å²) in [6, 6.07) is 15.9. The monoisotopic (exact) mass is 351 g/mol. The first-order valence-corrected chi connectivity index (χ1v) is 8.53. The van der Waals surface area contributed by atoms with E-state index in [1.54, 1.807) is 36.4 Å². The number of hydrogen-bond donors (Lipinski definition) is 0. The third-order valence-electron chi connectivity index (χ3n) is 3.81. The van der Waals surface area contributed by atoms with Crippen LogP contribution in [-0.4, -0.2) is 25.0 Å². The summed E-state index contributed by atoms with van der Waals surface area (Å²) >= 11 is 0. The van der Waals surface area contributed by atoms with E-state index >= 15 is 0 Å². The minimum atomic E-state index is -0.661. The zero-order chi connectivity index (χ0) is 18.8. The van der Waals surface area contributed by atoms with Crippen molar-refractivity contribution >= 4 is 11.8 Å². The molecule has 0 N–H and O–H groups in total. The molecule has 5 heteroatoms. The van der Waals surface area contributed by atoms with Crippen LogP contribution in [0.1, 0.15) is 41.3 Å². The molecule has 0 unspecified atom stereocenters. The van der Waals surface area contributed by atoms with Crippen LogP contribution in [0.4, 0.5) is 0 Å². The number of rotatable bonds is 9. The van der Waals surface area contributed by atoms with Crippen LogP contribution in [0.3, 0.4) is 0 Å². The first kappa shape index (κ1) is 19.2. The van der Waals surface area contributed by atoms with E-state index in [0.29, 0.717) is 16.9 Å². The Kier molecular flexibility index (Phi) is 7.38. The number of hydrogen-bond acceptors (Lipinski definition) is 5. The first-order valence-electron chi connectivity index (χ1n) is 8.53. The number of carbonyl (C=O) groups is 2. The predicted octanol–water partition coefficient (Wildman–Crippen LogP) is 3.71. The highest BCUT2D eigenvalue weighted by atomic mass is 16.6. The molecule has 5 nitrogen and oxygen atoms in total. The highest BCUT2D eigenvalue weighted by Crippen LogP contribution is 2.16. The van der Waals surface area contributed by atoms with Gasteiger partial charge in [0, 0.05) is 5.56 Å². The van der Waals surface area contributed by atoms with Gasteiger partial charge in [-0.1, -0.05) is 49.7 Å². The number of esters is 1. The molecule has 2 aromatic carbocycles. The molecule has 0 heterocycles. The standard InChI is InChI=1S/C21H21NO4/c1-2-3-6-16-9-11-17(12-10-16)19(23)14-26-21(24)15-25-20-8-5-4-7-18(20)13-22/h4-5,7-12H,2-3,6,14-15H2,1H3. The number of ketones is 1. The van der Waals surface area contributed by atoms with Gasteiger partial charge < -0.3 is 9.47 Å². The van der Waals surface area contributed by atoms with Gasteiger partial charge in [-0.25, -0.2) is 4.79 Å². The molecule has 0 aliphatic carbocycles. The van der Waals surface area contributed by atoms with Crippen molar-refractivity contribution < 1.29 is 19.1 Å². The van der Waals surface area contributed by atoms with Gasteiger partial charge >= 0.3 is 5.97 Å². The number of ether oxygens (including phenoxy) is 2. The number of nitriles is 1. The van der Waals surface area contributed by atoms with Crippen LogP contribution in [0.15, 0.2) is 48.5 Å². The molecule has 0 aliphatic rings. The summed E-state index contributed by atoms with van der Waals surface area (Å²) in [5.74, 6) is -0.621. The molecule has 2 aromatic rings. The van der Waals surface area contributed by atoms with Crippen LogP contribution in [-0.2, 0) is 16.0 Å². The second-order valence-electron chi connectivity index (χ2n) is 5.78. The summed E-state index contributed by atoms with van der Waals surface area (Å²) in [5.41, 5.74) is 2.03. The van der Waals surface area contributed by atoms with Gasteiger partial charge in [0.1, 0.15) is 11.8 Å². The molecule has 0 amide bonds. The van der Waals surface area contributed by atoms with Crippen molar-refractivity contribution in [2.45, 2.75) is 26.2 Å². The van der Waals surface area contributed by atoms with Gasteiger partial charge in [0.2, 0.25) is 0 Å². The van der Waals surface area contributed by atoms with Crippen molar-refractivity contribution in [1.29, 1.82) is 5.26 Å². The van der Waals surface area contributed by atoms with E-state index in [1.165, 1.54) is 5.56 Å². The SMILES string of the molecule is CCCCc1ccc(C(=O)COC(=O)COc2ccccc2C#N)cc1. The van der Waals surface area contributed by atoms with Crippen molar-refractivity contribution in [3.05, 3.63) is 65.2 Å². The molecule has 0 atom stereocenters. The molecule has 0 bridgehead atoms. The smallest absolute Gasteiger partial charge is 0.344 e. The average molecular weight is 351 g/mol. The summed E-state index contributed by atoms with van der Waals surface area (Å²) in [4.78, 5) is 23.8. The van der Waals surface area contributed by atoms with E-state index in [1.807, 2.05) is 18.2 Å². The Balaban J connectivity index is 1.79. The van der Waals surface area contributed by atoms with Gasteiger partial charge in [0.15, 0.2) is 19.0 Å². The Morgan fingerprint density at radius 2 is 1.77 bits per heavy atom. The summed E-state index contributed by atoms with van der Waals surface area (Å²) in [5, 5.41) is 8.96. The maximum Gasteiger partial charge on any atom is 0.344 e. The van der Waals surface area contributed by atoms with Gasteiger partial charge in [0.25, 0.3) is 0 Å². The normalized spacial score (nSPS) is 10.0. The number of para-hydroxylation sites is 1. The highest BCUT2D eigenvalue weighted by Gasteiger charge is 2.11. The maximum atomic E-state index is 12.1.